The third-order valence-corrected chi connectivity index (χ3v) is 4.88. The van der Waals surface area contributed by atoms with Crippen LogP contribution < -0.4 is 0 Å². The average Bonchev–Trinajstić information content (AvgIpc) is 2.95. The fourth-order valence-corrected chi connectivity index (χ4v) is 3.68. The summed E-state index contributed by atoms with van der Waals surface area (Å²) in [7, 11) is 0. The molecule has 0 spiro atoms. The topological polar surface area (TPSA) is 23.4 Å². The molecule has 3 aromatic rings. The molecule has 3 heteroatoms. The Hall–Kier alpha value is -1.84. The van der Waals surface area contributed by atoms with Crippen LogP contribution in [0.25, 0.3) is 21.8 Å². The average molecular weight is 323 g/mol. The van der Waals surface area contributed by atoms with Gasteiger partial charge in [-0.3, -0.25) is 0 Å². The highest BCUT2D eigenvalue weighted by molar-refractivity contribution is 6.07. The van der Waals surface area contributed by atoms with Crippen LogP contribution in [0.5, 0.6) is 0 Å². The first-order valence-electron chi connectivity index (χ1n) is 9.02. The minimum Gasteiger partial charge on any atom is -0.353 e. The second kappa shape index (κ2) is 6.96. The van der Waals surface area contributed by atoms with Crippen LogP contribution in [-0.2, 0) is 16.0 Å². The fourth-order valence-electron chi connectivity index (χ4n) is 3.68. The van der Waals surface area contributed by atoms with Gasteiger partial charge in [0, 0.05) is 35.0 Å². The van der Waals surface area contributed by atoms with E-state index < -0.39 is 0 Å². The molecule has 0 amide bonds. The normalized spacial score (nSPS) is 19.8. The zero-order chi connectivity index (χ0) is 16.4. The van der Waals surface area contributed by atoms with Crippen molar-refractivity contribution in [3.63, 3.8) is 0 Å². The lowest BCUT2D eigenvalue weighted by Gasteiger charge is -2.24. The largest absolute Gasteiger partial charge is 0.353 e. The number of nitrogens with zero attached hydrogens (tertiary/aromatic N) is 1. The number of hydrogen-bond donors (Lipinski definition) is 0. The second-order valence-electron chi connectivity index (χ2n) is 6.88. The Bertz CT molecular complexity index is 764. The Morgan fingerprint density at radius 2 is 1.71 bits per heavy atom. The van der Waals surface area contributed by atoms with E-state index in [4.69, 9.17) is 9.47 Å². The second-order valence-corrected chi connectivity index (χ2v) is 6.88. The molecule has 3 nitrogen and oxygen atoms in total. The number of fused-ring (bicyclic) bond motifs is 3. The zero-order valence-electron chi connectivity index (χ0n) is 14.3. The van der Waals surface area contributed by atoms with Gasteiger partial charge in [0.25, 0.3) is 0 Å². The van der Waals surface area contributed by atoms with Crippen LogP contribution in [0.2, 0.25) is 0 Å². The van der Waals surface area contributed by atoms with Crippen LogP contribution in [0, 0.1) is 5.92 Å². The summed E-state index contributed by atoms with van der Waals surface area (Å²) in [6.07, 6.45) is 3.41. The summed E-state index contributed by atoms with van der Waals surface area (Å²) in [6.45, 7) is 4.80. The van der Waals surface area contributed by atoms with Gasteiger partial charge in [0.15, 0.2) is 6.29 Å². The van der Waals surface area contributed by atoms with Crippen LogP contribution in [-0.4, -0.2) is 24.1 Å². The minimum absolute atomic E-state index is 0.000601. The third-order valence-electron chi connectivity index (χ3n) is 4.88. The number of rotatable bonds is 5. The summed E-state index contributed by atoms with van der Waals surface area (Å²) in [4.78, 5) is 0. The first-order chi connectivity index (χ1) is 11.8. The van der Waals surface area contributed by atoms with Gasteiger partial charge in [-0.15, -0.1) is 0 Å². The maximum atomic E-state index is 5.98. The van der Waals surface area contributed by atoms with Gasteiger partial charge in [0.05, 0.1) is 6.61 Å². The van der Waals surface area contributed by atoms with E-state index in [1.807, 2.05) is 0 Å². The van der Waals surface area contributed by atoms with Crippen molar-refractivity contribution in [3.8, 4) is 0 Å². The van der Waals surface area contributed by atoms with Crippen molar-refractivity contribution in [2.45, 2.75) is 39.0 Å². The van der Waals surface area contributed by atoms with Gasteiger partial charge in [0.1, 0.15) is 0 Å². The molecule has 2 aromatic carbocycles. The fraction of sp³-hybridized carbons (Fsp3) is 0.429. The molecule has 1 aliphatic rings. The lowest BCUT2D eigenvalue weighted by atomic mass is 10.2. The Balaban J connectivity index is 1.54. The summed E-state index contributed by atoms with van der Waals surface area (Å²) in [5.41, 5.74) is 2.61. The van der Waals surface area contributed by atoms with Crippen molar-refractivity contribution in [1.82, 2.24) is 4.57 Å². The van der Waals surface area contributed by atoms with Gasteiger partial charge in [-0.25, -0.2) is 0 Å². The highest BCUT2D eigenvalue weighted by atomic mass is 16.7. The van der Waals surface area contributed by atoms with E-state index in [1.54, 1.807) is 0 Å². The van der Waals surface area contributed by atoms with Gasteiger partial charge >= 0.3 is 0 Å². The summed E-state index contributed by atoms with van der Waals surface area (Å²) in [6, 6.07) is 17.3. The standard InChI is InChI=1S/C21H25NO2/c1-16(15-24-21-12-6-7-13-23-21)14-22-19-10-4-2-8-17(19)18-9-3-5-11-20(18)22/h2-5,8-11,16,21H,6-7,12-15H2,1H3/t16-,21?/m0/s1. The first kappa shape index (κ1) is 15.7. The van der Waals surface area contributed by atoms with Crippen molar-refractivity contribution in [1.29, 1.82) is 0 Å². The van der Waals surface area contributed by atoms with Crippen molar-refractivity contribution in [2.75, 3.05) is 13.2 Å². The Morgan fingerprint density at radius 3 is 2.33 bits per heavy atom. The molecule has 1 unspecified atom stereocenters. The van der Waals surface area contributed by atoms with Crippen LogP contribution in [0.3, 0.4) is 0 Å². The molecule has 1 aliphatic heterocycles. The monoisotopic (exact) mass is 323 g/mol. The smallest absolute Gasteiger partial charge is 0.157 e. The minimum atomic E-state index is -0.000601. The molecule has 0 saturated carbocycles. The quantitative estimate of drug-likeness (QED) is 0.661. The predicted octanol–water partition coefficient (Wildman–Crippen LogP) is 4.97. The van der Waals surface area contributed by atoms with E-state index in [9.17, 15) is 0 Å². The maximum Gasteiger partial charge on any atom is 0.157 e. The highest BCUT2D eigenvalue weighted by Crippen LogP contribution is 2.29. The number of hydrogen-bond acceptors (Lipinski definition) is 2. The molecule has 126 valence electrons. The summed E-state index contributed by atoms with van der Waals surface area (Å²) in [5.74, 6) is 0.440. The van der Waals surface area contributed by atoms with E-state index in [1.165, 1.54) is 28.2 Å². The predicted molar refractivity (Wildman–Crippen MR) is 98.2 cm³/mol. The van der Waals surface area contributed by atoms with Crippen LogP contribution in [0.1, 0.15) is 26.2 Å². The van der Waals surface area contributed by atoms with E-state index in [0.29, 0.717) is 5.92 Å². The molecule has 2 atom stereocenters. The molecule has 4 rings (SSSR count). The molecule has 0 aliphatic carbocycles. The first-order valence-corrected chi connectivity index (χ1v) is 9.02. The molecule has 0 radical (unpaired) electrons. The van der Waals surface area contributed by atoms with Crippen molar-refractivity contribution < 1.29 is 9.47 Å². The molecule has 1 aromatic heterocycles. The van der Waals surface area contributed by atoms with Crippen LogP contribution in [0.15, 0.2) is 48.5 Å². The number of para-hydroxylation sites is 2. The molecule has 24 heavy (non-hydrogen) atoms. The number of aromatic nitrogens is 1. The summed E-state index contributed by atoms with van der Waals surface area (Å²) in [5, 5.41) is 2.66. The zero-order valence-corrected chi connectivity index (χ0v) is 14.3. The SMILES string of the molecule is C[C@H](COC1CCCCO1)Cn1c2ccccc2c2ccccc21. The van der Waals surface area contributed by atoms with E-state index in [-0.39, 0.29) is 6.29 Å². The molecule has 1 saturated heterocycles. The molecular formula is C21H25NO2. The van der Waals surface area contributed by atoms with Gasteiger partial charge in [-0.05, 0) is 37.3 Å². The molecule has 0 bridgehead atoms. The van der Waals surface area contributed by atoms with Gasteiger partial charge in [-0.2, -0.15) is 0 Å². The lowest BCUT2D eigenvalue weighted by Crippen LogP contribution is -2.25. The molecule has 0 N–H and O–H groups in total. The highest BCUT2D eigenvalue weighted by Gasteiger charge is 2.17. The lowest BCUT2D eigenvalue weighted by molar-refractivity contribution is -0.168. The number of ether oxygens (including phenoxy) is 2. The summed E-state index contributed by atoms with van der Waals surface area (Å²) < 4.78 is 14.1. The Kier molecular flexibility index (Phi) is 4.54. The van der Waals surface area contributed by atoms with Gasteiger partial charge in [0.2, 0.25) is 0 Å². The van der Waals surface area contributed by atoms with Gasteiger partial charge < -0.3 is 14.0 Å². The molecule has 1 fully saturated rings. The number of benzene rings is 2. The Morgan fingerprint density at radius 1 is 1.04 bits per heavy atom. The van der Waals surface area contributed by atoms with E-state index in [0.717, 1.165) is 32.6 Å². The van der Waals surface area contributed by atoms with E-state index in [2.05, 4.69) is 60.0 Å². The van der Waals surface area contributed by atoms with Crippen molar-refractivity contribution in [3.05, 3.63) is 48.5 Å². The molecule has 2 heterocycles. The van der Waals surface area contributed by atoms with Gasteiger partial charge in [-0.1, -0.05) is 43.3 Å². The summed E-state index contributed by atoms with van der Waals surface area (Å²) >= 11 is 0. The maximum absolute atomic E-state index is 5.98. The van der Waals surface area contributed by atoms with Crippen LogP contribution in [0.4, 0.5) is 0 Å². The van der Waals surface area contributed by atoms with Crippen molar-refractivity contribution >= 4 is 21.8 Å². The van der Waals surface area contributed by atoms with E-state index >= 15 is 0 Å². The Labute approximate surface area is 143 Å². The van der Waals surface area contributed by atoms with Crippen molar-refractivity contribution in [2.24, 2.45) is 5.92 Å². The third kappa shape index (κ3) is 3.06. The van der Waals surface area contributed by atoms with Crippen LogP contribution >= 0.6 is 0 Å². The molecular weight excluding hydrogens is 298 g/mol.